The Hall–Kier alpha value is -1.26. The summed E-state index contributed by atoms with van der Waals surface area (Å²) in [6, 6.07) is 0.234. The van der Waals surface area contributed by atoms with Gasteiger partial charge in [-0.1, -0.05) is 19.0 Å². The fraction of sp³-hybridized carbons (Fsp3) is 0.818. The van der Waals surface area contributed by atoms with Crippen molar-refractivity contribution in [3.8, 4) is 0 Å². The van der Waals surface area contributed by atoms with Gasteiger partial charge in [-0.05, 0) is 31.1 Å². The lowest BCUT2D eigenvalue weighted by molar-refractivity contribution is -0.121. The number of hydrogen-bond acceptors (Lipinski definition) is 3. The first-order valence-electron chi connectivity index (χ1n) is 5.77. The maximum atomic E-state index is 11.5. The molecule has 5 nitrogen and oxygen atoms in total. The Morgan fingerprint density at radius 2 is 1.94 bits per heavy atom. The fourth-order valence-electron chi connectivity index (χ4n) is 2.54. The van der Waals surface area contributed by atoms with Crippen molar-refractivity contribution in [2.45, 2.75) is 45.6 Å². The van der Waals surface area contributed by atoms with E-state index >= 15 is 0 Å². The summed E-state index contributed by atoms with van der Waals surface area (Å²) in [6.07, 6.45) is 3.24. The van der Waals surface area contributed by atoms with Crippen molar-refractivity contribution < 1.29 is 10.0 Å². The molecule has 0 spiro atoms. The Morgan fingerprint density at radius 1 is 1.38 bits per heavy atom. The van der Waals surface area contributed by atoms with Crippen LogP contribution in [0.3, 0.4) is 0 Å². The van der Waals surface area contributed by atoms with Gasteiger partial charge in [-0.25, -0.2) is 0 Å². The second-order valence-corrected chi connectivity index (χ2v) is 4.95. The Bertz CT molecular complexity index is 268. The summed E-state index contributed by atoms with van der Waals surface area (Å²) in [5.74, 6) is 1.09. The van der Waals surface area contributed by atoms with Gasteiger partial charge in [0.1, 0.15) is 5.84 Å². The van der Waals surface area contributed by atoms with Crippen LogP contribution >= 0.6 is 0 Å². The van der Waals surface area contributed by atoms with E-state index in [-0.39, 0.29) is 24.2 Å². The number of carbonyl (C=O) groups is 1. The second-order valence-electron chi connectivity index (χ2n) is 4.95. The minimum absolute atomic E-state index is 0.0320. The number of rotatable bonds is 3. The molecule has 2 unspecified atom stereocenters. The molecule has 1 rings (SSSR count). The molecule has 0 aromatic rings. The molecule has 16 heavy (non-hydrogen) atoms. The molecule has 0 heterocycles. The lowest BCUT2D eigenvalue weighted by Crippen LogP contribution is -2.41. The van der Waals surface area contributed by atoms with E-state index in [1.807, 2.05) is 0 Å². The molecular formula is C11H21N3O2. The van der Waals surface area contributed by atoms with Crippen LogP contribution in [0.5, 0.6) is 0 Å². The number of hydrogen-bond donors (Lipinski definition) is 3. The van der Waals surface area contributed by atoms with Crippen LogP contribution in [-0.2, 0) is 4.79 Å². The standard InChI is InChI=1S/C11H21N3O2/c1-7-3-8(2)5-9(4-7)13-11(15)6-10(12)14-16/h7-9,16H,3-6H2,1-2H3,(H2,12,14)(H,13,15). The number of amides is 1. The Labute approximate surface area is 96.1 Å². The average Bonchev–Trinajstić information content (AvgIpc) is 2.15. The Balaban J connectivity index is 2.38. The van der Waals surface area contributed by atoms with Gasteiger partial charge in [0.05, 0.1) is 6.42 Å². The third-order valence-electron chi connectivity index (χ3n) is 3.01. The predicted molar refractivity (Wildman–Crippen MR) is 62.1 cm³/mol. The first-order chi connectivity index (χ1) is 7.51. The summed E-state index contributed by atoms with van der Waals surface area (Å²) in [5.41, 5.74) is 5.27. The lowest BCUT2D eigenvalue weighted by Gasteiger charge is -2.31. The number of nitrogens with one attached hydrogen (secondary N) is 1. The van der Waals surface area contributed by atoms with E-state index in [0.717, 1.165) is 12.8 Å². The third kappa shape index (κ3) is 4.08. The quantitative estimate of drug-likeness (QED) is 0.291. The van der Waals surface area contributed by atoms with Crippen molar-refractivity contribution in [2.24, 2.45) is 22.7 Å². The van der Waals surface area contributed by atoms with Crippen molar-refractivity contribution in [3.63, 3.8) is 0 Å². The Kier molecular flexibility index (Phi) is 4.58. The van der Waals surface area contributed by atoms with Crippen LogP contribution in [0.4, 0.5) is 0 Å². The highest BCUT2D eigenvalue weighted by Crippen LogP contribution is 2.28. The van der Waals surface area contributed by atoms with E-state index < -0.39 is 0 Å². The molecule has 0 saturated heterocycles. The van der Waals surface area contributed by atoms with Gasteiger partial charge in [-0.15, -0.1) is 0 Å². The summed E-state index contributed by atoms with van der Waals surface area (Å²) >= 11 is 0. The van der Waals surface area contributed by atoms with Crippen LogP contribution in [0, 0.1) is 11.8 Å². The third-order valence-corrected chi connectivity index (χ3v) is 3.01. The first-order valence-corrected chi connectivity index (χ1v) is 5.77. The summed E-state index contributed by atoms with van der Waals surface area (Å²) < 4.78 is 0. The van der Waals surface area contributed by atoms with Gasteiger partial charge in [-0.2, -0.15) is 0 Å². The molecule has 0 bridgehead atoms. The van der Waals surface area contributed by atoms with Crippen LogP contribution < -0.4 is 11.1 Å². The molecule has 0 aromatic heterocycles. The van der Waals surface area contributed by atoms with Crippen LogP contribution in [-0.4, -0.2) is 23.0 Å². The van der Waals surface area contributed by atoms with Crippen LogP contribution in [0.15, 0.2) is 5.16 Å². The molecule has 0 aliphatic heterocycles. The summed E-state index contributed by atoms with van der Waals surface area (Å²) in [6.45, 7) is 4.41. The van der Waals surface area contributed by atoms with Crippen LogP contribution in [0.25, 0.3) is 0 Å². The minimum atomic E-state index is -0.165. The molecule has 1 fully saturated rings. The monoisotopic (exact) mass is 227 g/mol. The maximum absolute atomic E-state index is 11.5. The molecule has 5 heteroatoms. The van der Waals surface area contributed by atoms with Crippen molar-refractivity contribution >= 4 is 11.7 Å². The highest BCUT2D eigenvalue weighted by Gasteiger charge is 2.25. The number of nitrogens with zero attached hydrogens (tertiary/aromatic N) is 1. The van der Waals surface area contributed by atoms with E-state index in [9.17, 15) is 4.79 Å². The molecular weight excluding hydrogens is 206 g/mol. The van der Waals surface area contributed by atoms with Gasteiger partial charge in [0.15, 0.2) is 0 Å². The molecule has 1 aliphatic rings. The maximum Gasteiger partial charge on any atom is 0.227 e. The van der Waals surface area contributed by atoms with Crippen molar-refractivity contribution in [1.82, 2.24) is 5.32 Å². The van der Waals surface area contributed by atoms with Gasteiger partial charge >= 0.3 is 0 Å². The van der Waals surface area contributed by atoms with Gasteiger partial charge in [0, 0.05) is 6.04 Å². The van der Waals surface area contributed by atoms with Gasteiger partial charge in [0.25, 0.3) is 0 Å². The van der Waals surface area contributed by atoms with Gasteiger partial charge in [-0.3, -0.25) is 4.79 Å². The number of amidine groups is 1. The zero-order valence-corrected chi connectivity index (χ0v) is 9.94. The molecule has 1 amide bonds. The first kappa shape index (κ1) is 12.8. The van der Waals surface area contributed by atoms with E-state index in [4.69, 9.17) is 10.9 Å². The smallest absolute Gasteiger partial charge is 0.227 e. The zero-order chi connectivity index (χ0) is 12.1. The normalized spacial score (nSPS) is 31.1. The van der Waals surface area contributed by atoms with Crippen molar-refractivity contribution in [3.05, 3.63) is 0 Å². The van der Waals surface area contributed by atoms with Crippen LogP contribution in [0.1, 0.15) is 39.5 Å². The van der Waals surface area contributed by atoms with E-state index in [1.54, 1.807) is 0 Å². The van der Waals surface area contributed by atoms with Crippen molar-refractivity contribution in [2.75, 3.05) is 0 Å². The summed E-state index contributed by atoms with van der Waals surface area (Å²) in [4.78, 5) is 11.5. The number of oxime groups is 1. The highest BCUT2D eigenvalue weighted by atomic mass is 16.4. The molecule has 0 aromatic carbocycles. The molecule has 1 saturated carbocycles. The second kappa shape index (κ2) is 5.72. The number of nitrogens with two attached hydrogens (primary N) is 1. The molecule has 92 valence electrons. The largest absolute Gasteiger partial charge is 0.409 e. The van der Waals surface area contributed by atoms with E-state index in [2.05, 4.69) is 24.3 Å². The Morgan fingerprint density at radius 3 is 2.44 bits per heavy atom. The molecule has 2 atom stereocenters. The van der Waals surface area contributed by atoms with Crippen LogP contribution in [0.2, 0.25) is 0 Å². The fourth-order valence-corrected chi connectivity index (χ4v) is 2.54. The average molecular weight is 227 g/mol. The highest BCUT2D eigenvalue weighted by molar-refractivity contribution is 5.98. The zero-order valence-electron chi connectivity index (χ0n) is 9.94. The predicted octanol–water partition coefficient (Wildman–Crippen LogP) is 1.06. The molecule has 1 aliphatic carbocycles. The topological polar surface area (TPSA) is 87.7 Å². The summed E-state index contributed by atoms with van der Waals surface area (Å²) in [7, 11) is 0. The van der Waals surface area contributed by atoms with E-state index in [1.165, 1.54) is 6.42 Å². The molecule has 0 radical (unpaired) electrons. The minimum Gasteiger partial charge on any atom is -0.409 e. The summed E-state index contributed by atoms with van der Waals surface area (Å²) in [5, 5.41) is 14.1. The SMILES string of the molecule is CC1CC(C)CC(NC(=O)CC(N)=NO)C1. The van der Waals surface area contributed by atoms with Crippen molar-refractivity contribution in [1.29, 1.82) is 0 Å². The lowest BCUT2D eigenvalue weighted by atomic mass is 9.80. The van der Waals surface area contributed by atoms with Gasteiger partial charge in [0.2, 0.25) is 5.91 Å². The number of carbonyl (C=O) groups excluding carboxylic acids is 1. The molecule has 4 N–H and O–H groups in total. The van der Waals surface area contributed by atoms with E-state index in [0.29, 0.717) is 11.8 Å². The van der Waals surface area contributed by atoms with Gasteiger partial charge < -0.3 is 16.3 Å².